The molecule has 14 heavy (non-hydrogen) atoms. The van der Waals surface area contributed by atoms with Crippen LogP contribution in [0.25, 0.3) is 0 Å². The molecule has 0 rings (SSSR count). The smallest absolute Gasteiger partial charge is 0.195 e. The highest BCUT2D eigenvalue weighted by Gasteiger charge is 2.05. The van der Waals surface area contributed by atoms with Crippen molar-refractivity contribution in [3.63, 3.8) is 0 Å². The maximum atomic E-state index is 10.9. The SMILES string of the molecule is CN(C)C(=NCCS(C)(=O)=O)N(C)C. The van der Waals surface area contributed by atoms with Gasteiger partial charge in [-0.15, -0.1) is 0 Å². The summed E-state index contributed by atoms with van der Waals surface area (Å²) in [6.45, 7) is 0.310. The van der Waals surface area contributed by atoms with Gasteiger partial charge in [-0.25, -0.2) is 8.42 Å². The zero-order valence-corrected chi connectivity index (χ0v) is 10.3. The molecular weight excluding hydrogens is 202 g/mol. The molecule has 0 aromatic rings. The van der Waals surface area contributed by atoms with Gasteiger partial charge in [0.2, 0.25) is 0 Å². The third kappa shape index (κ3) is 5.80. The van der Waals surface area contributed by atoms with E-state index in [4.69, 9.17) is 0 Å². The van der Waals surface area contributed by atoms with Crippen LogP contribution in [0.5, 0.6) is 0 Å². The second kappa shape index (κ2) is 5.19. The van der Waals surface area contributed by atoms with Crippen molar-refractivity contribution in [2.24, 2.45) is 4.99 Å². The summed E-state index contributed by atoms with van der Waals surface area (Å²) in [6.07, 6.45) is 1.22. The molecule has 0 aromatic heterocycles. The highest BCUT2D eigenvalue weighted by molar-refractivity contribution is 7.90. The number of aliphatic imine (C=N–C) groups is 1. The summed E-state index contributed by atoms with van der Waals surface area (Å²) in [7, 11) is 4.58. The Hall–Kier alpha value is -0.780. The van der Waals surface area contributed by atoms with Crippen LogP contribution < -0.4 is 0 Å². The summed E-state index contributed by atoms with van der Waals surface area (Å²) < 4.78 is 21.7. The van der Waals surface area contributed by atoms with E-state index >= 15 is 0 Å². The molecule has 0 spiro atoms. The Bertz CT molecular complexity index is 284. The Kier molecular flexibility index (Phi) is 4.90. The first-order valence-electron chi connectivity index (χ1n) is 4.31. The average molecular weight is 221 g/mol. The number of sulfone groups is 1. The minimum Gasteiger partial charge on any atom is -0.349 e. The predicted octanol–water partition coefficient (Wildman–Crippen LogP) is -0.490. The van der Waals surface area contributed by atoms with Gasteiger partial charge in [-0.2, -0.15) is 0 Å². The van der Waals surface area contributed by atoms with Gasteiger partial charge in [0.1, 0.15) is 9.84 Å². The molecule has 0 radical (unpaired) electrons. The number of rotatable bonds is 3. The first-order chi connectivity index (χ1) is 6.24. The highest BCUT2D eigenvalue weighted by Crippen LogP contribution is 1.90. The maximum Gasteiger partial charge on any atom is 0.195 e. The molecule has 6 heteroatoms. The first kappa shape index (κ1) is 13.2. The zero-order valence-electron chi connectivity index (χ0n) is 9.48. The van der Waals surface area contributed by atoms with Crippen molar-refractivity contribution < 1.29 is 8.42 Å². The molecule has 5 nitrogen and oxygen atoms in total. The summed E-state index contributed by atoms with van der Waals surface area (Å²) in [5, 5.41) is 0. The topological polar surface area (TPSA) is 53.0 Å². The Labute approximate surface area is 86.3 Å². The minimum absolute atomic E-state index is 0.0954. The van der Waals surface area contributed by atoms with Crippen LogP contribution in [0.3, 0.4) is 0 Å². The second-order valence-corrected chi connectivity index (χ2v) is 5.86. The van der Waals surface area contributed by atoms with Crippen LogP contribution in [-0.2, 0) is 9.84 Å². The molecule has 0 fully saturated rings. The first-order valence-corrected chi connectivity index (χ1v) is 6.37. The van der Waals surface area contributed by atoms with E-state index in [0.717, 1.165) is 5.96 Å². The van der Waals surface area contributed by atoms with Crippen molar-refractivity contribution in [2.45, 2.75) is 0 Å². The summed E-state index contributed by atoms with van der Waals surface area (Å²) in [6, 6.07) is 0. The molecule has 0 aromatic carbocycles. The number of guanidine groups is 1. The lowest BCUT2D eigenvalue weighted by atomic mass is 10.7. The second-order valence-electron chi connectivity index (χ2n) is 3.60. The normalized spacial score (nSPS) is 10.9. The van der Waals surface area contributed by atoms with Gasteiger partial charge in [0.05, 0.1) is 12.3 Å². The van der Waals surface area contributed by atoms with E-state index in [2.05, 4.69) is 4.99 Å². The maximum absolute atomic E-state index is 10.9. The monoisotopic (exact) mass is 221 g/mol. The van der Waals surface area contributed by atoms with Crippen LogP contribution >= 0.6 is 0 Å². The molecule has 0 atom stereocenters. The lowest BCUT2D eigenvalue weighted by Gasteiger charge is -2.22. The number of hydrogen-bond donors (Lipinski definition) is 0. The lowest BCUT2D eigenvalue weighted by Crippen LogP contribution is -2.35. The molecule has 0 aliphatic rings. The van der Waals surface area contributed by atoms with Crippen LogP contribution in [0.2, 0.25) is 0 Å². The third-order valence-corrected chi connectivity index (χ3v) is 2.44. The Balaban J connectivity index is 4.33. The summed E-state index contributed by atoms with van der Waals surface area (Å²) >= 11 is 0. The van der Waals surface area contributed by atoms with E-state index in [-0.39, 0.29) is 5.75 Å². The highest BCUT2D eigenvalue weighted by atomic mass is 32.2. The van der Waals surface area contributed by atoms with Gasteiger partial charge >= 0.3 is 0 Å². The van der Waals surface area contributed by atoms with Gasteiger partial charge in [0.25, 0.3) is 0 Å². The Morgan fingerprint density at radius 1 is 1.14 bits per heavy atom. The van der Waals surface area contributed by atoms with Gasteiger partial charge < -0.3 is 9.80 Å². The van der Waals surface area contributed by atoms with Crippen molar-refractivity contribution in [1.82, 2.24) is 9.80 Å². The van der Waals surface area contributed by atoms with Crippen LogP contribution in [-0.4, -0.2) is 70.9 Å². The fraction of sp³-hybridized carbons (Fsp3) is 0.875. The standard InChI is InChI=1S/C8H19N3O2S/c1-10(2)8(11(3)4)9-6-7-14(5,12)13/h6-7H2,1-5H3. The quantitative estimate of drug-likeness (QED) is 0.477. The lowest BCUT2D eigenvalue weighted by molar-refractivity contribution is 0.480. The van der Waals surface area contributed by atoms with E-state index in [1.807, 2.05) is 38.0 Å². The van der Waals surface area contributed by atoms with Crippen molar-refractivity contribution in [1.29, 1.82) is 0 Å². The summed E-state index contributed by atoms with van der Waals surface area (Å²) in [5.74, 6) is 0.867. The van der Waals surface area contributed by atoms with Crippen LogP contribution in [0.15, 0.2) is 4.99 Å². The van der Waals surface area contributed by atoms with Crippen LogP contribution in [0.4, 0.5) is 0 Å². The van der Waals surface area contributed by atoms with Crippen LogP contribution in [0.1, 0.15) is 0 Å². The molecule has 0 heterocycles. The van der Waals surface area contributed by atoms with E-state index in [9.17, 15) is 8.42 Å². The van der Waals surface area contributed by atoms with Crippen LogP contribution in [0, 0.1) is 0 Å². The molecule has 0 aliphatic heterocycles. The van der Waals surface area contributed by atoms with Crippen molar-refractivity contribution >= 4 is 15.8 Å². The van der Waals surface area contributed by atoms with E-state index in [1.54, 1.807) is 0 Å². The van der Waals surface area contributed by atoms with Crippen molar-refractivity contribution in [3.05, 3.63) is 0 Å². The van der Waals surface area contributed by atoms with Crippen molar-refractivity contribution in [2.75, 3.05) is 46.7 Å². The molecular formula is C8H19N3O2S. The zero-order chi connectivity index (χ0) is 11.4. The van der Waals surface area contributed by atoms with Gasteiger partial charge in [-0.3, -0.25) is 4.99 Å². The van der Waals surface area contributed by atoms with Crippen molar-refractivity contribution in [3.8, 4) is 0 Å². The average Bonchev–Trinajstić information content (AvgIpc) is 1.94. The molecule has 0 N–H and O–H groups in total. The number of hydrogen-bond acceptors (Lipinski definition) is 3. The molecule has 0 bridgehead atoms. The molecule has 0 saturated carbocycles. The molecule has 0 amide bonds. The largest absolute Gasteiger partial charge is 0.349 e. The Morgan fingerprint density at radius 3 is 1.86 bits per heavy atom. The fourth-order valence-electron chi connectivity index (χ4n) is 0.994. The molecule has 84 valence electrons. The molecule has 0 saturated heterocycles. The summed E-state index contributed by atoms with van der Waals surface area (Å²) in [5.41, 5.74) is 0. The predicted molar refractivity (Wildman–Crippen MR) is 59.4 cm³/mol. The minimum atomic E-state index is -2.92. The van der Waals surface area contributed by atoms with E-state index in [1.165, 1.54) is 6.26 Å². The van der Waals surface area contributed by atoms with Gasteiger partial charge in [-0.05, 0) is 0 Å². The summed E-state index contributed by atoms with van der Waals surface area (Å²) in [4.78, 5) is 7.90. The van der Waals surface area contributed by atoms with E-state index in [0.29, 0.717) is 6.54 Å². The Morgan fingerprint density at radius 2 is 1.57 bits per heavy atom. The fourth-order valence-corrected chi connectivity index (χ4v) is 1.42. The van der Waals surface area contributed by atoms with Gasteiger partial charge in [0, 0.05) is 34.4 Å². The third-order valence-electron chi connectivity index (χ3n) is 1.52. The van der Waals surface area contributed by atoms with Gasteiger partial charge in [-0.1, -0.05) is 0 Å². The number of nitrogens with zero attached hydrogens (tertiary/aromatic N) is 3. The molecule has 0 aliphatic carbocycles. The van der Waals surface area contributed by atoms with E-state index < -0.39 is 9.84 Å². The van der Waals surface area contributed by atoms with Gasteiger partial charge in [0.15, 0.2) is 5.96 Å². The molecule has 0 unspecified atom stereocenters.